The molecule has 0 bridgehead atoms. The number of fused-ring (bicyclic) bond motifs is 8. The number of aromatic nitrogens is 4. The Morgan fingerprint density at radius 2 is 1.44 bits per heavy atom. The van der Waals surface area contributed by atoms with Crippen LogP contribution in [-0.2, 0) is 5.66 Å². The highest BCUT2D eigenvalue weighted by molar-refractivity contribution is 6.24. The van der Waals surface area contributed by atoms with E-state index in [0.717, 1.165) is 28.2 Å². The van der Waals surface area contributed by atoms with Crippen LogP contribution in [0.2, 0.25) is 0 Å². The minimum absolute atomic E-state index is 0.637. The topological polar surface area (TPSA) is 34.8 Å². The van der Waals surface area contributed by atoms with Crippen LogP contribution in [0, 0.1) is 0 Å². The molecule has 0 saturated carbocycles. The molecule has 8 aromatic rings. The number of nitrogens with zero attached hydrogens (tertiary/aromatic N) is 4. The molecule has 7 heterocycles. The van der Waals surface area contributed by atoms with Gasteiger partial charge in [0.1, 0.15) is 22.6 Å². The summed E-state index contributed by atoms with van der Waals surface area (Å²) >= 11 is 0. The molecule has 1 atom stereocenters. The minimum atomic E-state index is -0.637. The van der Waals surface area contributed by atoms with Gasteiger partial charge in [0.2, 0.25) is 5.52 Å². The van der Waals surface area contributed by atoms with Crippen LogP contribution in [0.4, 0.5) is 0 Å². The molecule has 11 rings (SSSR count). The largest absolute Gasteiger partial charge is 0.456 e. The number of benzene rings is 4. The highest BCUT2D eigenvalue weighted by Crippen LogP contribution is 2.57. The molecule has 0 fully saturated rings. The Hall–Kier alpha value is -5.29. The van der Waals surface area contributed by atoms with E-state index < -0.39 is 5.66 Å². The molecule has 39 heavy (non-hydrogen) atoms. The lowest BCUT2D eigenvalue weighted by Crippen LogP contribution is -2.75. The standard InChI is InChI=1S/C34H18N4O/c1-2-10-24-19(7-1)22-12-14-26-30-33(22)38(24)27-11-3-4-17-36(27)34(30)29-25(39-26)15-13-23-28(29)32-21(9-6-18-37(32)34)20-8-5-16-35-31(20)23/h1-18H/q+2. The predicted molar refractivity (Wildman–Crippen MR) is 150 cm³/mol. The highest BCUT2D eigenvalue weighted by Gasteiger charge is 2.66. The van der Waals surface area contributed by atoms with Crippen LogP contribution < -0.4 is 13.9 Å². The summed E-state index contributed by atoms with van der Waals surface area (Å²) in [5, 5.41) is 7.27. The van der Waals surface area contributed by atoms with Gasteiger partial charge in [0.05, 0.1) is 22.5 Å². The summed E-state index contributed by atoms with van der Waals surface area (Å²) in [7, 11) is 0. The molecule has 3 aliphatic heterocycles. The normalized spacial score (nSPS) is 17.5. The van der Waals surface area contributed by atoms with E-state index in [-0.39, 0.29) is 0 Å². The van der Waals surface area contributed by atoms with E-state index in [2.05, 4.69) is 111 Å². The molecule has 4 aromatic carbocycles. The lowest BCUT2D eigenvalue weighted by molar-refractivity contribution is -0.956. The van der Waals surface area contributed by atoms with Gasteiger partial charge in [0.25, 0.3) is 5.82 Å². The molecular formula is C34H18N4O+2. The van der Waals surface area contributed by atoms with Crippen molar-refractivity contribution >= 4 is 54.4 Å². The van der Waals surface area contributed by atoms with Crippen molar-refractivity contribution in [1.82, 2.24) is 9.55 Å². The summed E-state index contributed by atoms with van der Waals surface area (Å²) < 4.78 is 14.2. The molecule has 0 saturated heterocycles. The van der Waals surface area contributed by atoms with E-state index in [1.807, 2.05) is 12.3 Å². The van der Waals surface area contributed by atoms with Crippen molar-refractivity contribution < 1.29 is 13.9 Å². The second-order valence-corrected chi connectivity index (χ2v) is 10.8. The van der Waals surface area contributed by atoms with Crippen LogP contribution >= 0.6 is 0 Å². The zero-order valence-electron chi connectivity index (χ0n) is 20.6. The smallest absolute Gasteiger partial charge is 0.374 e. The van der Waals surface area contributed by atoms with E-state index in [1.165, 1.54) is 54.6 Å². The molecular weight excluding hydrogens is 480 g/mol. The lowest BCUT2D eigenvalue weighted by Gasteiger charge is -2.34. The second kappa shape index (κ2) is 5.89. The van der Waals surface area contributed by atoms with Crippen molar-refractivity contribution in [1.29, 1.82) is 0 Å². The van der Waals surface area contributed by atoms with Gasteiger partial charge in [-0.15, -0.1) is 4.57 Å². The van der Waals surface area contributed by atoms with Gasteiger partial charge in [0, 0.05) is 39.9 Å². The van der Waals surface area contributed by atoms with Gasteiger partial charge in [-0.2, -0.15) is 9.13 Å². The van der Waals surface area contributed by atoms with Gasteiger partial charge in [-0.3, -0.25) is 4.98 Å². The third-order valence-electron chi connectivity index (χ3n) is 9.23. The summed E-state index contributed by atoms with van der Waals surface area (Å²) in [5.41, 5.74) is 6.41. The Bertz CT molecular complexity index is 2490. The summed E-state index contributed by atoms with van der Waals surface area (Å²) in [5.74, 6) is 2.94. The van der Waals surface area contributed by atoms with Gasteiger partial charge >= 0.3 is 5.66 Å². The van der Waals surface area contributed by atoms with Crippen molar-refractivity contribution in [3.63, 3.8) is 0 Å². The Morgan fingerprint density at radius 1 is 0.641 bits per heavy atom. The second-order valence-electron chi connectivity index (χ2n) is 10.8. The maximum absolute atomic E-state index is 6.82. The molecule has 5 heteroatoms. The maximum Gasteiger partial charge on any atom is 0.374 e. The first-order valence-electron chi connectivity index (χ1n) is 13.3. The number of pyridine rings is 3. The van der Waals surface area contributed by atoms with Crippen LogP contribution in [-0.4, -0.2) is 9.55 Å². The molecule has 4 aromatic heterocycles. The Kier molecular flexibility index (Phi) is 2.85. The highest BCUT2D eigenvalue weighted by atomic mass is 16.5. The van der Waals surface area contributed by atoms with Gasteiger partial charge in [-0.25, -0.2) is 0 Å². The predicted octanol–water partition coefficient (Wildman–Crippen LogP) is 6.24. The quantitative estimate of drug-likeness (QED) is 0.183. The monoisotopic (exact) mass is 498 g/mol. The van der Waals surface area contributed by atoms with E-state index in [9.17, 15) is 0 Å². The molecule has 1 spiro atoms. The number of ether oxygens (including phenoxy) is 1. The summed E-state index contributed by atoms with van der Waals surface area (Å²) in [6.07, 6.45) is 6.39. The van der Waals surface area contributed by atoms with Crippen molar-refractivity contribution in [2.45, 2.75) is 5.66 Å². The molecule has 5 nitrogen and oxygen atoms in total. The zero-order chi connectivity index (χ0) is 25.0. The Morgan fingerprint density at radius 3 is 2.41 bits per heavy atom. The van der Waals surface area contributed by atoms with E-state index in [1.54, 1.807) is 0 Å². The van der Waals surface area contributed by atoms with Gasteiger partial charge in [-0.1, -0.05) is 24.3 Å². The summed E-state index contributed by atoms with van der Waals surface area (Å²) in [4.78, 5) is 4.89. The number of para-hydroxylation sites is 1. The first-order valence-corrected chi connectivity index (χ1v) is 13.3. The van der Waals surface area contributed by atoms with Crippen molar-refractivity contribution in [2.75, 3.05) is 0 Å². The van der Waals surface area contributed by atoms with Crippen LogP contribution in [0.5, 0.6) is 11.5 Å². The van der Waals surface area contributed by atoms with Gasteiger partial charge in [-0.05, 0) is 54.6 Å². The first kappa shape index (κ1) is 18.9. The summed E-state index contributed by atoms with van der Waals surface area (Å²) in [6, 6.07) is 32.6. The fourth-order valence-electron chi connectivity index (χ4n) is 7.98. The van der Waals surface area contributed by atoms with Crippen molar-refractivity contribution in [2.24, 2.45) is 0 Å². The van der Waals surface area contributed by atoms with E-state index >= 15 is 0 Å². The SMILES string of the molecule is c1cc[n+]2c(c1)-n1c3ccccc3c3ccc4c(c31)C21c2c(ccc3c5ncccc5c5ccc[n+]1c5c23)O4. The molecule has 0 N–H and O–H groups in total. The minimum Gasteiger partial charge on any atom is -0.456 e. The molecule has 0 radical (unpaired) electrons. The first-order chi connectivity index (χ1) is 19.4. The fraction of sp³-hybridized carbons (Fsp3) is 0.0294. The van der Waals surface area contributed by atoms with Crippen LogP contribution in [0.15, 0.2) is 110 Å². The van der Waals surface area contributed by atoms with Gasteiger partial charge in [0.15, 0.2) is 17.3 Å². The van der Waals surface area contributed by atoms with Gasteiger partial charge < -0.3 is 4.74 Å². The van der Waals surface area contributed by atoms with E-state index in [4.69, 9.17) is 9.72 Å². The number of hydrogen-bond donors (Lipinski definition) is 0. The summed E-state index contributed by atoms with van der Waals surface area (Å²) in [6.45, 7) is 0. The van der Waals surface area contributed by atoms with Crippen molar-refractivity contribution in [3.05, 3.63) is 121 Å². The number of hydrogen-bond acceptors (Lipinski definition) is 2. The van der Waals surface area contributed by atoms with E-state index in [0.29, 0.717) is 0 Å². The van der Waals surface area contributed by atoms with Crippen LogP contribution in [0.25, 0.3) is 60.2 Å². The third-order valence-corrected chi connectivity index (χ3v) is 9.23. The molecule has 0 amide bonds. The molecule has 178 valence electrons. The average Bonchev–Trinajstić information content (AvgIpc) is 3.50. The molecule has 1 unspecified atom stereocenters. The van der Waals surface area contributed by atoms with Crippen LogP contribution in [0.3, 0.4) is 0 Å². The number of rotatable bonds is 0. The van der Waals surface area contributed by atoms with Crippen molar-refractivity contribution in [3.8, 4) is 17.3 Å². The molecule has 0 aliphatic carbocycles. The van der Waals surface area contributed by atoms with Crippen LogP contribution in [0.1, 0.15) is 11.1 Å². The average molecular weight is 499 g/mol. The Labute approximate surface area is 221 Å². The lowest BCUT2D eigenvalue weighted by atomic mass is 9.83. The maximum atomic E-state index is 6.82. The molecule has 3 aliphatic rings. The third kappa shape index (κ3) is 1.78. The zero-order valence-corrected chi connectivity index (χ0v) is 20.6. The fourth-order valence-corrected chi connectivity index (χ4v) is 7.98. The Balaban J connectivity index is 1.51.